The minimum atomic E-state index is -3.55. The lowest BCUT2D eigenvalue weighted by molar-refractivity contribution is 0.345. The molecule has 0 saturated carbocycles. The summed E-state index contributed by atoms with van der Waals surface area (Å²) in [6.07, 6.45) is 1.46. The molecule has 0 heterocycles. The smallest absolute Gasteiger partial charge is 0.267 e. The third-order valence-electron chi connectivity index (χ3n) is 1.58. The predicted octanol–water partition coefficient (Wildman–Crippen LogP) is 2.68. The highest BCUT2D eigenvalue weighted by molar-refractivity contribution is 7.89. The molecule has 0 N–H and O–H groups in total. The summed E-state index contributed by atoms with van der Waals surface area (Å²) >= 11 is 5.68. The van der Waals surface area contributed by atoms with E-state index in [-0.39, 0.29) is 6.61 Å². The third-order valence-corrected chi connectivity index (χ3v) is 2.86. The van der Waals surface area contributed by atoms with Crippen LogP contribution >= 0.6 is 11.6 Å². The summed E-state index contributed by atoms with van der Waals surface area (Å²) in [5.74, 6) is 0. The molecule has 1 aromatic carbocycles. The van der Waals surface area contributed by atoms with Gasteiger partial charge in [-0.25, -0.2) is 0 Å². The van der Waals surface area contributed by atoms with E-state index in [1.54, 1.807) is 31.2 Å². The van der Waals surface area contributed by atoms with Gasteiger partial charge >= 0.3 is 0 Å². The molecule has 0 saturated heterocycles. The fourth-order valence-corrected chi connectivity index (χ4v) is 1.80. The second-order valence-corrected chi connectivity index (χ2v) is 4.68. The molecule has 0 unspecified atom stereocenters. The lowest BCUT2D eigenvalue weighted by Gasteiger charge is -1.96. The van der Waals surface area contributed by atoms with Crippen LogP contribution in [0.5, 0.6) is 0 Å². The molecule has 82 valence electrons. The van der Waals surface area contributed by atoms with E-state index in [2.05, 4.69) is 4.18 Å². The largest absolute Gasteiger partial charge is 0.290 e. The van der Waals surface area contributed by atoms with Crippen LogP contribution in [0.25, 0.3) is 6.08 Å². The van der Waals surface area contributed by atoms with Crippen molar-refractivity contribution in [3.05, 3.63) is 40.3 Å². The van der Waals surface area contributed by atoms with E-state index in [0.717, 1.165) is 11.0 Å². The van der Waals surface area contributed by atoms with Gasteiger partial charge in [-0.1, -0.05) is 23.7 Å². The van der Waals surface area contributed by atoms with Gasteiger partial charge in [-0.15, -0.1) is 0 Å². The molecule has 0 aliphatic rings. The van der Waals surface area contributed by atoms with E-state index < -0.39 is 10.1 Å². The van der Waals surface area contributed by atoms with Crippen molar-refractivity contribution in [1.82, 2.24) is 0 Å². The lowest BCUT2D eigenvalue weighted by atomic mass is 10.2. The summed E-state index contributed by atoms with van der Waals surface area (Å²) in [5.41, 5.74) is 0.752. The fraction of sp³-hybridized carbons (Fsp3) is 0.200. The zero-order valence-corrected chi connectivity index (χ0v) is 9.75. The molecule has 0 fully saturated rings. The molecule has 0 amide bonds. The van der Waals surface area contributed by atoms with Crippen LogP contribution in [0.15, 0.2) is 29.7 Å². The summed E-state index contributed by atoms with van der Waals surface area (Å²) in [6.45, 7) is 1.75. The fourth-order valence-electron chi connectivity index (χ4n) is 0.939. The van der Waals surface area contributed by atoms with Crippen molar-refractivity contribution in [2.75, 3.05) is 6.61 Å². The normalized spacial score (nSPS) is 12.1. The number of rotatable bonds is 4. The zero-order valence-electron chi connectivity index (χ0n) is 8.18. The van der Waals surface area contributed by atoms with E-state index in [9.17, 15) is 8.42 Å². The van der Waals surface area contributed by atoms with Crippen LogP contribution in [-0.4, -0.2) is 15.0 Å². The predicted molar refractivity (Wildman–Crippen MR) is 61.0 cm³/mol. The van der Waals surface area contributed by atoms with Gasteiger partial charge in [0, 0.05) is 5.02 Å². The van der Waals surface area contributed by atoms with Crippen molar-refractivity contribution in [1.29, 1.82) is 0 Å². The Morgan fingerprint density at radius 3 is 2.47 bits per heavy atom. The SMILES string of the molecule is CCOS(=O)(=O)C=Cc1ccc(Cl)cc1. The first-order valence-corrected chi connectivity index (χ1v) is 6.21. The maximum absolute atomic E-state index is 11.1. The highest BCUT2D eigenvalue weighted by Crippen LogP contribution is 2.11. The molecule has 0 bridgehead atoms. The Kier molecular flexibility index (Phi) is 4.32. The first-order chi connectivity index (χ1) is 7.03. The van der Waals surface area contributed by atoms with Gasteiger partial charge in [0.15, 0.2) is 0 Å². The third kappa shape index (κ3) is 4.46. The van der Waals surface area contributed by atoms with E-state index in [4.69, 9.17) is 11.6 Å². The Morgan fingerprint density at radius 1 is 1.33 bits per heavy atom. The van der Waals surface area contributed by atoms with Crippen molar-refractivity contribution in [3.8, 4) is 0 Å². The van der Waals surface area contributed by atoms with Gasteiger partial charge in [0.1, 0.15) is 0 Å². The second kappa shape index (κ2) is 5.30. The first kappa shape index (κ1) is 12.2. The van der Waals surface area contributed by atoms with E-state index in [0.29, 0.717) is 5.02 Å². The van der Waals surface area contributed by atoms with Crippen LogP contribution in [0.3, 0.4) is 0 Å². The maximum Gasteiger partial charge on any atom is 0.290 e. The van der Waals surface area contributed by atoms with Crippen LogP contribution in [-0.2, 0) is 14.3 Å². The molecule has 1 aromatic rings. The van der Waals surface area contributed by atoms with Crippen LogP contribution < -0.4 is 0 Å². The van der Waals surface area contributed by atoms with Crippen molar-refractivity contribution in [3.63, 3.8) is 0 Å². The Labute approximate surface area is 94.5 Å². The Bertz CT molecular complexity index is 434. The summed E-state index contributed by atoms with van der Waals surface area (Å²) in [4.78, 5) is 0. The summed E-state index contributed by atoms with van der Waals surface area (Å²) in [7, 11) is -3.55. The van der Waals surface area contributed by atoms with Crippen LogP contribution in [0.2, 0.25) is 5.02 Å². The van der Waals surface area contributed by atoms with Gasteiger partial charge in [0.2, 0.25) is 0 Å². The van der Waals surface area contributed by atoms with Gasteiger partial charge in [0.05, 0.1) is 12.0 Å². The van der Waals surface area contributed by atoms with E-state index >= 15 is 0 Å². The molecule has 0 aliphatic heterocycles. The Morgan fingerprint density at radius 2 is 1.93 bits per heavy atom. The summed E-state index contributed by atoms with van der Waals surface area (Å²) < 4.78 is 26.8. The number of hydrogen-bond acceptors (Lipinski definition) is 3. The maximum atomic E-state index is 11.1. The Balaban J connectivity index is 2.78. The quantitative estimate of drug-likeness (QED) is 0.768. The van der Waals surface area contributed by atoms with Crippen molar-refractivity contribution in [2.45, 2.75) is 6.92 Å². The molecule has 1 rings (SSSR count). The summed E-state index contributed by atoms with van der Waals surface area (Å²) in [5, 5.41) is 1.64. The molecule has 3 nitrogen and oxygen atoms in total. The number of benzene rings is 1. The molecule has 0 radical (unpaired) electrons. The van der Waals surface area contributed by atoms with Crippen LogP contribution in [0, 0.1) is 0 Å². The first-order valence-electron chi connectivity index (χ1n) is 4.36. The summed E-state index contributed by atoms with van der Waals surface area (Å²) in [6, 6.07) is 6.82. The highest BCUT2D eigenvalue weighted by atomic mass is 35.5. The highest BCUT2D eigenvalue weighted by Gasteiger charge is 2.02. The van der Waals surface area contributed by atoms with Crippen molar-refractivity contribution < 1.29 is 12.6 Å². The van der Waals surface area contributed by atoms with Crippen molar-refractivity contribution in [2.24, 2.45) is 0 Å². The standard InChI is InChI=1S/C10H11ClO3S/c1-2-14-15(12,13)8-7-9-3-5-10(11)6-4-9/h3-8H,2H2,1H3. The minimum Gasteiger partial charge on any atom is -0.267 e. The van der Waals surface area contributed by atoms with Gasteiger partial charge in [-0.2, -0.15) is 8.42 Å². The molecule has 0 aliphatic carbocycles. The molecular formula is C10H11ClO3S. The zero-order chi connectivity index (χ0) is 11.3. The minimum absolute atomic E-state index is 0.132. The molecule has 15 heavy (non-hydrogen) atoms. The van der Waals surface area contributed by atoms with Gasteiger partial charge in [-0.05, 0) is 30.7 Å². The molecular weight excluding hydrogens is 236 g/mol. The number of halogens is 1. The average molecular weight is 247 g/mol. The topological polar surface area (TPSA) is 43.4 Å². The number of hydrogen-bond donors (Lipinski definition) is 0. The van der Waals surface area contributed by atoms with Gasteiger partial charge in [-0.3, -0.25) is 4.18 Å². The van der Waals surface area contributed by atoms with Crippen LogP contribution in [0.4, 0.5) is 0 Å². The molecule has 5 heteroatoms. The molecule has 0 aromatic heterocycles. The molecule has 0 atom stereocenters. The van der Waals surface area contributed by atoms with Gasteiger partial charge in [0.25, 0.3) is 10.1 Å². The van der Waals surface area contributed by atoms with E-state index in [1.807, 2.05) is 0 Å². The monoisotopic (exact) mass is 246 g/mol. The lowest BCUT2D eigenvalue weighted by Crippen LogP contribution is -2.00. The second-order valence-electron chi connectivity index (χ2n) is 2.75. The van der Waals surface area contributed by atoms with Gasteiger partial charge < -0.3 is 0 Å². The van der Waals surface area contributed by atoms with E-state index in [1.165, 1.54) is 6.08 Å². The van der Waals surface area contributed by atoms with Crippen LogP contribution in [0.1, 0.15) is 12.5 Å². The van der Waals surface area contributed by atoms with Crippen molar-refractivity contribution >= 4 is 27.8 Å². The average Bonchev–Trinajstić information content (AvgIpc) is 2.17. The molecule has 0 spiro atoms. The Hall–Kier alpha value is -0.840.